The minimum atomic E-state index is 0.657. The SMILES string of the molecule is C=C[CH]c1c(N)cccc1Cl. The quantitative estimate of drug-likeness (QED) is 0.672. The van der Waals surface area contributed by atoms with Crippen LogP contribution in [-0.2, 0) is 0 Å². The molecule has 11 heavy (non-hydrogen) atoms. The van der Waals surface area contributed by atoms with Crippen molar-refractivity contribution in [3.05, 3.63) is 47.9 Å². The molecule has 0 saturated heterocycles. The molecule has 1 nitrogen and oxygen atoms in total. The second-order valence-electron chi connectivity index (χ2n) is 2.15. The van der Waals surface area contributed by atoms with Crippen molar-refractivity contribution in [3.63, 3.8) is 0 Å². The lowest BCUT2D eigenvalue weighted by molar-refractivity contribution is 1.52. The maximum atomic E-state index is 5.85. The molecule has 0 unspecified atom stereocenters. The molecule has 2 N–H and O–H groups in total. The van der Waals surface area contributed by atoms with Gasteiger partial charge in [-0.25, -0.2) is 0 Å². The fraction of sp³-hybridized carbons (Fsp3) is 0. The summed E-state index contributed by atoms with van der Waals surface area (Å²) in [7, 11) is 0. The smallest absolute Gasteiger partial charge is 0.0464 e. The minimum absolute atomic E-state index is 0.657. The summed E-state index contributed by atoms with van der Waals surface area (Å²) in [6.45, 7) is 3.57. The van der Waals surface area contributed by atoms with E-state index in [1.165, 1.54) is 0 Å². The predicted octanol–water partition coefficient (Wildman–Crippen LogP) is 2.66. The molecule has 0 heterocycles. The molecule has 1 rings (SSSR count). The van der Waals surface area contributed by atoms with Crippen LogP contribution in [0.1, 0.15) is 5.56 Å². The number of allylic oxidation sites excluding steroid dienone is 1. The molecular weight excluding hydrogens is 158 g/mol. The minimum Gasteiger partial charge on any atom is -0.398 e. The van der Waals surface area contributed by atoms with E-state index in [9.17, 15) is 0 Å². The van der Waals surface area contributed by atoms with Crippen molar-refractivity contribution < 1.29 is 0 Å². The van der Waals surface area contributed by atoms with Crippen LogP contribution in [0.3, 0.4) is 0 Å². The van der Waals surface area contributed by atoms with Crippen LogP contribution in [0.25, 0.3) is 0 Å². The van der Waals surface area contributed by atoms with Gasteiger partial charge in [0.1, 0.15) is 0 Å². The van der Waals surface area contributed by atoms with E-state index in [4.69, 9.17) is 17.3 Å². The molecule has 2 heteroatoms. The average molecular weight is 167 g/mol. The first kappa shape index (κ1) is 8.15. The second kappa shape index (κ2) is 3.44. The number of halogens is 1. The van der Waals surface area contributed by atoms with E-state index in [-0.39, 0.29) is 0 Å². The summed E-state index contributed by atoms with van der Waals surface area (Å²) in [5.74, 6) is 0. The maximum absolute atomic E-state index is 5.85. The van der Waals surface area contributed by atoms with E-state index >= 15 is 0 Å². The van der Waals surface area contributed by atoms with Crippen molar-refractivity contribution in [2.75, 3.05) is 5.73 Å². The lowest BCUT2D eigenvalue weighted by atomic mass is 10.1. The molecule has 0 fully saturated rings. The Morgan fingerprint density at radius 2 is 2.18 bits per heavy atom. The van der Waals surface area contributed by atoms with Gasteiger partial charge in [0.2, 0.25) is 0 Å². The van der Waals surface area contributed by atoms with Crippen LogP contribution in [-0.4, -0.2) is 0 Å². The number of anilines is 1. The highest BCUT2D eigenvalue weighted by atomic mass is 35.5. The Kier molecular flexibility index (Phi) is 2.55. The van der Waals surface area contributed by atoms with Crippen LogP contribution in [0.15, 0.2) is 30.9 Å². The highest BCUT2D eigenvalue weighted by Gasteiger charge is 2.00. The van der Waals surface area contributed by atoms with Gasteiger partial charge in [0.15, 0.2) is 0 Å². The fourth-order valence-electron chi connectivity index (χ4n) is 0.847. The number of nitrogens with two attached hydrogens (primary N) is 1. The van der Waals surface area contributed by atoms with Gasteiger partial charge in [-0.15, -0.1) is 6.58 Å². The van der Waals surface area contributed by atoms with Crippen LogP contribution in [0.4, 0.5) is 5.69 Å². The molecular formula is C9H9ClN. The molecule has 0 amide bonds. The first-order valence-corrected chi connectivity index (χ1v) is 3.63. The highest BCUT2D eigenvalue weighted by Crippen LogP contribution is 2.23. The molecule has 0 aliphatic carbocycles. The number of rotatable bonds is 2. The third-order valence-electron chi connectivity index (χ3n) is 1.37. The molecule has 0 aliphatic heterocycles. The van der Waals surface area contributed by atoms with Gasteiger partial charge < -0.3 is 5.73 Å². The molecule has 57 valence electrons. The first-order valence-electron chi connectivity index (χ1n) is 3.25. The molecule has 1 radical (unpaired) electrons. The Morgan fingerprint density at radius 1 is 1.45 bits per heavy atom. The average Bonchev–Trinajstić information content (AvgIpc) is 1.97. The van der Waals surface area contributed by atoms with Crippen LogP contribution in [0, 0.1) is 6.42 Å². The largest absolute Gasteiger partial charge is 0.398 e. The first-order chi connectivity index (χ1) is 5.25. The van der Waals surface area contributed by atoms with Gasteiger partial charge in [-0.3, -0.25) is 0 Å². The van der Waals surface area contributed by atoms with Crippen molar-refractivity contribution in [2.45, 2.75) is 0 Å². The van der Waals surface area contributed by atoms with Crippen LogP contribution < -0.4 is 5.73 Å². The van der Waals surface area contributed by atoms with E-state index in [2.05, 4.69) is 6.58 Å². The number of hydrogen-bond donors (Lipinski definition) is 1. The Balaban J connectivity index is 3.09. The number of benzene rings is 1. The van der Waals surface area contributed by atoms with Crippen molar-refractivity contribution in [1.29, 1.82) is 0 Å². The van der Waals surface area contributed by atoms with Gasteiger partial charge in [0.05, 0.1) is 0 Å². The van der Waals surface area contributed by atoms with Crippen molar-refractivity contribution >= 4 is 17.3 Å². The summed E-state index contributed by atoms with van der Waals surface area (Å²) in [5.41, 5.74) is 7.16. The van der Waals surface area contributed by atoms with E-state index in [0.717, 1.165) is 5.56 Å². The Morgan fingerprint density at radius 3 is 2.73 bits per heavy atom. The van der Waals surface area contributed by atoms with Gasteiger partial charge in [-0.1, -0.05) is 23.7 Å². The lowest BCUT2D eigenvalue weighted by Gasteiger charge is -2.03. The van der Waals surface area contributed by atoms with Crippen LogP contribution >= 0.6 is 11.6 Å². The van der Waals surface area contributed by atoms with Gasteiger partial charge in [-0.05, 0) is 12.1 Å². The molecule has 0 aromatic heterocycles. The van der Waals surface area contributed by atoms with E-state index in [0.29, 0.717) is 10.7 Å². The summed E-state index contributed by atoms with van der Waals surface area (Å²) in [6.07, 6.45) is 3.45. The predicted molar refractivity (Wildman–Crippen MR) is 49.5 cm³/mol. The van der Waals surface area contributed by atoms with Crippen LogP contribution in [0.5, 0.6) is 0 Å². The number of nitrogen functional groups attached to an aromatic ring is 1. The third-order valence-corrected chi connectivity index (χ3v) is 1.70. The summed E-state index contributed by atoms with van der Waals surface area (Å²) < 4.78 is 0. The molecule has 1 aromatic carbocycles. The van der Waals surface area contributed by atoms with Crippen molar-refractivity contribution in [2.24, 2.45) is 0 Å². The van der Waals surface area contributed by atoms with Crippen molar-refractivity contribution in [3.8, 4) is 0 Å². The zero-order valence-corrected chi connectivity index (χ0v) is 6.81. The maximum Gasteiger partial charge on any atom is 0.0464 e. The molecule has 0 bridgehead atoms. The van der Waals surface area contributed by atoms with Gasteiger partial charge >= 0.3 is 0 Å². The summed E-state index contributed by atoms with van der Waals surface area (Å²) in [4.78, 5) is 0. The Labute approximate surface area is 71.5 Å². The summed E-state index contributed by atoms with van der Waals surface area (Å²) in [6, 6.07) is 5.42. The molecule has 0 aliphatic rings. The highest BCUT2D eigenvalue weighted by molar-refractivity contribution is 6.32. The van der Waals surface area contributed by atoms with Crippen molar-refractivity contribution in [1.82, 2.24) is 0 Å². The van der Waals surface area contributed by atoms with E-state index in [1.807, 2.05) is 6.07 Å². The summed E-state index contributed by atoms with van der Waals surface area (Å²) in [5, 5.41) is 0.657. The molecule has 0 atom stereocenters. The fourth-order valence-corrected chi connectivity index (χ4v) is 1.09. The standard InChI is InChI=1S/C9H9ClN/c1-2-4-7-8(10)5-3-6-9(7)11/h2-6H,1,11H2. The van der Waals surface area contributed by atoms with Gasteiger partial charge in [0, 0.05) is 22.7 Å². The van der Waals surface area contributed by atoms with E-state index in [1.54, 1.807) is 24.6 Å². The Bertz CT molecular complexity index is 248. The topological polar surface area (TPSA) is 26.0 Å². The molecule has 1 aromatic rings. The second-order valence-corrected chi connectivity index (χ2v) is 2.55. The monoisotopic (exact) mass is 166 g/mol. The number of hydrogen-bond acceptors (Lipinski definition) is 1. The van der Waals surface area contributed by atoms with E-state index < -0.39 is 0 Å². The Hall–Kier alpha value is -0.950. The van der Waals surface area contributed by atoms with Gasteiger partial charge in [0.25, 0.3) is 0 Å². The normalized spacial score (nSPS) is 9.55. The van der Waals surface area contributed by atoms with Gasteiger partial charge in [-0.2, -0.15) is 0 Å². The lowest BCUT2D eigenvalue weighted by Crippen LogP contribution is -1.91. The summed E-state index contributed by atoms with van der Waals surface area (Å²) >= 11 is 5.85. The van der Waals surface area contributed by atoms with Crippen LogP contribution in [0.2, 0.25) is 5.02 Å². The molecule has 0 saturated carbocycles. The zero-order chi connectivity index (χ0) is 8.27. The third kappa shape index (κ3) is 1.75. The zero-order valence-electron chi connectivity index (χ0n) is 6.05. The molecule has 0 spiro atoms.